The highest BCUT2D eigenvalue weighted by Gasteiger charge is 2.22. The van der Waals surface area contributed by atoms with Crippen molar-refractivity contribution >= 4 is 21.9 Å². The van der Waals surface area contributed by atoms with Gasteiger partial charge in [0.1, 0.15) is 17.0 Å². The number of halogens is 1. The van der Waals surface area contributed by atoms with Crippen LogP contribution in [-0.4, -0.2) is 22.7 Å². The van der Waals surface area contributed by atoms with Gasteiger partial charge in [0.05, 0.1) is 6.61 Å². The van der Waals surface area contributed by atoms with Crippen molar-refractivity contribution in [3.8, 4) is 11.3 Å². The molecule has 2 aromatic rings. The average Bonchev–Trinajstić information content (AvgIpc) is 2.71. The van der Waals surface area contributed by atoms with Crippen LogP contribution in [0.4, 0.5) is 0 Å². The summed E-state index contributed by atoms with van der Waals surface area (Å²) in [5.41, 5.74) is 1.49. The van der Waals surface area contributed by atoms with Crippen LogP contribution in [0.3, 0.4) is 0 Å². The molecule has 0 N–H and O–H groups in total. The summed E-state index contributed by atoms with van der Waals surface area (Å²) in [7, 11) is 0. The van der Waals surface area contributed by atoms with E-state index >= 15 is 0 Å². The first kappa shape index (κ1) is 12.8. The van der Waals surface area contributed by atoms with Gasteiger partial charge in [-0.2, -0.15) is 0 Å². The van der Waals surface area contributed by atoms with Gasteiger partial charge in [-0.3, -0.25) is 4.98 Å². The van der Waals surface area contributed by atoms with Gasteiger partial charge in [0.25, 0.3) is 0 Å². The Balaban J connectivity index is 2.49. The van der Waals surface area contributed by atoms with Crippen LogP contribution in [0, 0.1) is 6.92 Å². The van der Waals surface area contributed by atoms with E-state index in [1.54, 1.807) is 26.2 Å². The number of carbonyl (C=O) groups is 1. The second-order valence-electron chi connectivity index (χ2n) is 3.57. The summed E-state index contributed by atoms with van der Waals surface area (Å²) in [4.78, 5) is 15.9. The molecule has 0 aliphatic heterocycles. The van der Waals surface area contributed by atoms with Gasteiger partial charge >= 0.3 is 5.97 Å². The average molecular weight is 311 g/mol. The molecule has 2 aromatic heterocycles. The Bertz CT molecular complexity index is 580. The molecule has 0 fully saturated rings. The van der Waals surface area contributed by atoms with Gasteiger partial charge in [-0.1, -0.05) is 5.16 Å². The van der Waals surface area contributed by atoms with Gasteiger partial charge in [0.15, 0.2) is 0 Å². The fraction of sp³-hybridized carbons (Fsp3) is 0.250. The summed E-state index contributed by atoms with van der Waals surface area (Å²) in [6, 6.07) is 1.81. The first-order valence-electron chi connectivity index (χ1n) is 5.37. The van der Waals surface area contributed by atoms with Crippen molar-refractivity contribution in [3.05, 3.63) is 34.3 Å². The minimum atomic E-state index is -0.439. The number of rotatable bonds is 3. The smallest absolute Gasteiger partial charge is 0.344 e. The Kier molecular flexibility index (Phi) is 3.76. The van der Waals surface area contributed by atoms with Crippen LogP contribution in [0.25, 0.3) is 11.3 Å². The number of carbonyl (C=O) groups excluding carboxylic acids is 1. The van der Waals surface area contributed by atoms with Crippen LogP contribution in [-0.2, 0) is 4.74 Å². The van der Waals surface area contributed by atoms with E-state index in [4.69, 9.17) is 9.26 Å². The molecule has 6 heteroatoms. The van der Waals surface area contributed by atoms with E-state index in [0.717, 1.165) is 4.47 Å². The predicted molar refractivity (Wildman–Crippen MR) is 68.1 cm³/mol. The molecule has 0 aliphatic rings. The number of aromatic nitrogens is 2. The van der Waals surface area contributed by atoms with Crippen molar-refractivity contribution in [2.45, 2.75) is 13.8 Å². The summed E-state index contributed by atoms with van der Waals surface area (Å²) >= 11 is 3.32. The first-order valence-corrected chi connectivity index (χ1v) is 6.17. The zero-order valence-electron chi connectivity index (χ0n) is 9.94. The summed E-state index contributed by atoms with van der Waals surface area (Å²) in [6.45, 7) is 3.73. The topological polar surface area (TPSA) is 65.2 Å². The molecule has 0 saturated carbocycles. The number of aryl methyl sites for hydroxylation is 1. The van der Waals surface area contributed by atoms with Gasteiger partial charge in [-0.05, 0) is 35.8 Å². The molecule has 0 aromatic carbocycles. The molecule has 0 aliphatic carbocycles. The Morgan fingerprint density at radius 3 is 2.94 bits per heavy atom. The van der Waals surface area contributed by atoms with Crippen molar-refractivity contribution in [1.82, 2.24) is 10.1 Å². The Hall–Kier alpha value is -1.69. The molecule has 2 rings (SSSR count). The molecule has 0 bridgehead atoms. The molecular weight excluding hydrogens is 300 g/mol. The maximum atomic E-state index is 11.9. The summed E-state index contributed by atoms with van der Waals surface area (Å²) in [6.07, 6.45) is 3.27. The zero-order chi connectivity index (χ0) is 13.1. The molecular formula is C12H11BrN2O3. The van der Waals surface area contributed by atoms with Crippen LogP contribution >= 0.6 is 15.9 Å². The molecule has 94 valence electrons. The highest BCUT2D eigenvalue weighted by molar-refractivity contribution is 9.10. The van der Waals surface area contributed by atoms with Crippen molar-refractivity contribution in [3.63, 3.8) is 0 Å². The molecule has 0 amide bonds. The number of hydrogen-bond donors (Lipinski definition) is 0. The van der Waals surface area contributed by atoms with E-state index in [1.165, 1.54) is 0 Å². The number of pyridine rings is 1. The largest absolute Gasteiger partial charge is 0.462 e. The predicted octanol–water partition coefficient (Wildman–Crippen LogP) is 2.98. The number of nitrogens with zero attached hydrogens (tertiary/aromatic N) is 2. The second kappa shape index (κ2) is 5.30. The quantitative estimate of drug-likeness (QED) is 0.815. The van der Waals surface area contributed by atoms with Crippen LogP contribution in [0.1, 0.15) is 23.0 Å². The third kappa shape index (κ3) is 2.43. The van der Waals surface area contributed by atoms with Gasteiger partial charge < -0.3 is 9.26 Å². The molecule has 0 atom stereocenters. The van der Waals surface area contributed by atoms with E-state index in [2.05, 4.69) is 26.1 Å². The highest BCUT2D eigenvalue weighted by Crippen LogP contribution is 2.27. The molecule has 0 saturated heterocycles. The van der Waals surface area contributed by atoms with Gasteiger partial charge in [0, 0.05) is 22.4 Å². The summed E-state index contributed by atoms with van der Waals surface area (Å²) in [5.74, 6) is -0.00495. The van der Waals surface area contributed by atoms with Crippen LogP contribution in [0.2, 0.25) is 0 Å². The van der Waals surface area contributed by atoms with Crippen molar-refractivity contribution in [2.75, 3.05) is 6.61 Å². The minimum absolute atomic E-state index is 0.305. The van der Waals surface area contributed by atoms with Crippen LogP contribution in [0.5, 0.6) is 0 Å². The van der Waals surface area contributed by atoms with E-state index in [-0.39, 0.29) is 0 Å². The minimum Gasteiger partial charge on any atom is -0.462 e. The van der Waals surface area contributed by atoms with Gasteiger partial charge in [-0.25, -0.2) is 4.79 Å². The Morgan fingerprint density at radius 1 is 1.50 bits per heavy atom. The fourth-order valence-electron chi connectivity index (χ4n) is 1.55. The molecule has 2 heterocycles. The third-order valence-corrected chi connectivity index (χ3v) is 2.75. The van der Waals surface area contributed by atoms with E-state index in [0.29, 0.717) is 29.2 Å². The van der Waals surface area contributed by atoms with Gasteiger partial charge in [0.2, 0.25) is 0 Å². The van der Waals surface area contributed by atoms with E-state index in [1.807, 2.05) is 6.07 Å². The second-order valence-corrected chi connectivity index (χ2v) is 4.49. The number of hydrogen-bond acceptors (Lipinski definition) is 5. The lowest BCUT2D eigenvalue weighted by Crippen LogP contribution is -2.06. The summed E-state index contributed by atoms with van der Waals surface area (Å²) in [5, 5.41) is 3.89. The van der Waals surface area contributed by atoms with Crippen molar-refractivity contribution in [1.29, 1.82) is 0 Å². The molecule has 0 radical (unpaired) electrons. The first-order chi connectivity index (χ1) is 8.63. The number of ether oxygens (including phenoxy) is 1. The lowest BCUT2D eigenvalue weighted by molar-refractivity contribution is 0.0525. The standard InChI is InChI=1S/C12H11BrN2O3/c1-3-17-12(16)10-7(2)18-15-11(10)8-4-9(13)6-14-5-8/h4-6H,3H2,1-2H3. The molecule has 5 nitrogen and oxygen atoms in total. The maximum Gasteiger partial charge on any atom is 0.344 e. The van der Waals surface area contributed by atoms with Crippen molar-refractivity contribution in [2.24, 2.45) is 0 Å². The maximum absolute atomic E-state index is 11.9. The van der Waals surface area contributed by atoms with Gasteiger partial charge in [-0.15, -0.1) is 0 Å². The lowest BCUT2D eigenvalue weighted by atomic mass is 10.1. The van der Waals surface area contributed by atoms with Crippen LogP contribution in [0.15, 0.2) is 27.5 Å². The third-order valence-electron chi connectivity index (χ3n) is 2.32. The zero-order valence-corrected chi connectivity index (χ0v) is 11.5. The highest BCUT2D eigenvalue weighted by atomic mass is 79.9. The molecule has 0 spiro atoms. The normalized spacial score (nSPS) is 10.4. The number of esters is 1. The van der Waals surface area contributed by atoms with Crippen LogP contribution < -0.4 is 0 Å². The Labute approximate surface area is 112 Å². The lowest BCUT2D eigenvalue weighted by Gasteiger charge is -2.02. The monoisotopic (exact) mass is 310 g/mol. The summed E-state index contributed by atoms with van der Waals surface area (Å²) < 4.78 is 10.9. The fourth-order valence-corrected chi connectivity index (χ4v) is 1.92. The SMILES string of the molecule is CCOC(=O)c1c(-c2cncc(Br)c2)noc1C. The Morgan fingerprint density at radius 2 is 2.28 bits per heavy atom. The van der Waals surface area contributed by atoms with E-state index in [9.17, 15) is 4.79 Å². The van der Waals surface area contributed by atoms with E-state index < -0.39 is 5.97 Å². The molecule has 0 unspecified atom stereocenters. The van der Waals surface area contributed by atoms with Crippen molar-refractivity contribution < 1.29 is 14.1 Å². The molecule has 18 heavy (non-hydrogen) atoms.